The Labute approximate surface area is 137 Å². The van der Waals surface area contributed by atoms with Crippen LogP contribution in [-0.2, 0) is 13.0 Å². The van der Waals surface area contributed by atoms with Crippen molar-refractivity contribution in [2.75, 3.05) is 6.54 Å². The van der Waals surface area contributed by atoms with Crippen LogP contribution in [0.25, 0.3) is 10.9 Å². The van der Waals surface area contributed by atoms with E-state index in [1.54, 1.807) is 0 Å². The first kappa shape index (κ1) is 15.7. The van der Waals surface area contributed by atoms with Crippen LogP contribution in [0.15, 0.2) is 55.0 Å². The fraction of sp³-hybridized carbons (Fsp3) is 0.368. The zero-order valence-corrected chi connectivity index (χ0v) is 13.8. The molecule has 0 fully saturated rings. The Morgan fingerprint density at radius 3 is 2.83 bits per heavy atom. The van der Waals surface area contributed by atoms with E-state index in [1.807, 2.05) is 35.4 Å². The van der Waals surface area contributed by atoms with E-state index in [1.165, 1.54) is 10.9 Å². The first-order valence-corrected chi connectivity index (χ1v) is 8.27. The second kappa shape index (κ2) is 7.38. The maximum atomic E-state index is 4.53. The third-order valence-corrected chi connectivity index (χ3v) is 4.21. The molecule has 0 aliphatic carbocycles. The molecule has 0 radical (unpaired) electrons. The van der Waals surface area contributed by atoms with Gasteiger partial charge in [-0.3, -0.25) is 9.67 Å². The van der Waals surface area contributed by atoms with Crippen molar-refractivity contribution in [3.8, 4) is 0 Å². The van der Waals surface area contributed by atoms with Gasteiger partial charge in [0.1, 0.15) is 0 Å². The number of hydrogen-bond donors (Lipinski definition) is 1. The maximum absolute atomic E-state index is 4.53. The highest BCUT2D eigenvalue weighted by molar-refractivity contribution is 5.78. The second-order valence-corrected chi connectivity index (χ2v) is 6.32. The smallest absolute Gasteiger partial charge is 0.0702 e. The van der Waals surface area contributed by atoms with E-state index in [-0.39, 0.29) is 0 Å². The molecular weight excluding hydrogens is 284 g/mol. The molecule has 0 amide bonds. The van der Waals surface area contributed by atoms with Gasteiger partial charge in [0.25, 0.3) is 0 Å². The molecule has 1 N–H and O–H groups in total. The van der Waals surface area contributed by atoms with Gasteiger partial charge in [-0.15, -0.1) is 0 Å². The monoisotopic (exact) mass is 308 g/mol. The van der Waals surface area contributed by atoms with Crippen LogP contribution >= 0.6 is 0 Å². The molecule has 0 spiro atoms. The van der Waals surface area contributed by atoms with Gasteiger partial charge in [-0.25, -0.2) is 0 Å². The van der Waals surface area contributed by atoms with Crippen LogP contribution in [0.1, 0.15) is 19.4 Å². The molecule has 0 bridgehead atoms. The summed E-state index contributed by atoms with van der Waals surface area (Å²) in [4.78, 5) is 4.53. The lowest BCUT2D eigenvalue weighted by molar-refractivity contribution is 0.344. The van der Waals surface area contributed by atoms with Gasteiger partial charge in [-0.1, -0.05) is 32.0 Å². The molecule has 2 heterocycles. The summed E-state index contributed by atoms with van der Waals surface area (Å²) in [6, 6.07) is 12.9. The van der Waals surface area contributed by atoms with E-state index in [4.69, 9.17) is 0 Å². The van der Waals surface area contributed by atoms with Gasteiger partial charge in [0.05, 0.1) is 12.1 Å². The molecule has 4 nitrogen and oxygen atoms in total. The number of hydrogen-bond acceptors (Lipinski definition) is 3. The number of pyridine rings is 1. The molecule has 23 heavy (non-hydrogen) atoms. The Morgan fingerprint density at radius 2 is 2.04 bits per heavy atom. The summed E-state index contributed by atoms with van der Waals surface area (Å²) in [7, 11) is 0. The molecule has 120 valence electrons. The normalized spacial score (nSPS) is 12.8. The fourth-order valence-corrected chi connectivity index (χ4v) is 2.78. The predicted molar refractivity (Wildman–Crippen MR) is 94.3 cm³/mol. The van der Waals surface area contributed by atoms with Crippen LogP contribution < -0.4 is 5.32 Å². The van der Waals surface area contributed by atoms with Gasteiger partial charge in [-0.05, 0) is 42.6 Å². The number of para-hydroxylation sites is 1. The van der Waals surface area contributed by atoms with E-state index in [0.29, 0.717) is 12.0 Å². The van der Waals surface area contributed by atoms with Crippen molar-refractivity contribution in [2.45, 2.75) is 32.9 Å². The van der Waals surface area contributed by atoms with Crippen LogP contribution in [0.5, 0.6) is 0 Å². The SMILES string of the molecule is CC(C)C(Cn1cccn1)NCCc1cnc2ccccc2c1. The van der Waals surface area contributed by atoms with Gasteiger partial charge in [0, 0.05) is 30.0 Å². The summed E-state index contributed by atoms with van der Waals surface area (Å²) in [6.07, 6.45) is 6.82. The number of fused-ring (bicyclic) bond motifs is 1. The topological polar surface area (TPSA) is 42.7 Å². The summed E-state index contributed by atoms with van der Waals surface area (Å²) in [5, 5.41) is 9.18. The van der Waals surface area contributed by atoms with Gasteiger partial charge in [0.2, 0.25) is 0 Å². The first-order valence-electron chi connectivity index (χ1n) is 8.27. The van der Waals surface area contributed by atoms with Crippen molar-refractivity contribution < 1.29 is 0 Å². The van der Waals surface area contributed by atoms with E-state index in [0.717, 1.165) is 25.0 Å². The van der Waals surface area contributed by atoms with Crippen molar-refractivity contribution in [3.05, 3.63) is 60.6 Å². The maximum Gasteiger partial charge on any atom is 0.0702 e. The number of nitrogens with one attached hydrogen (secondary N) is 1. The van der Waals surface area contributed by atoms with E-state index in [9.17, 15) is 0 Å². The Kier molecular flexibility index (Phi) is 5.03. The third-order valence-electron chi connectivity index (χ3n) is 4.21. The minimum absolute atomic E-state index is 0.420. The van der Waals surface area contributed by atoms with Crippen LogP contribution in [0, 0.1) is 5.92 Å². The van der Waals surface area contributed by atoms with Crippen molar-refractivity contribution in [1.29, 1.82) is 0 Å². The minimum Gasteiger partial charge on any atom is -0.312 e. The zero-order chi connectivity index (χ0) is 16.1. The largest absolute Gasteiger partial charge is 0.312 e. The Morgan fingerprint density at radius 1 is 1.17 bits per heavy atom. The standard InChI is InChI=1S/C19H24N4/c1-15(2)19(14-23-11-5-9-22-23)20-10-8-16-12-17-6-3-4-7-18(17)21-13-16/h3-7,9,11-13,15,19-20H,8,10,14H2,1-2H3. The quantitative estimate of drug-likeness (QED) is 0.728. The molecule has 3 rings (SSSR count). The molecule has 0 saturated carbocycles. The van der Waals surface area contributed by atoms with Crippen molar-refractivity contribution >= 4 is 10.9 Å². The zero-order valence-electron chi connectivity index (χ0n) is 13.8. The van der Waals surface area contributed by atoms with Crippen LogP contribution in [-0.4, -0.2) is 27.4 Å². The third kappa shape index (κ3) is 4.17. The number of aromatic nitrogens is 3. The average Bonchev–Trinajstić information content (AvgIpc) is 3.07. The van der Waals surface area contributed by atoms with Crippen molar-refractivity contribution in [1.82, 2.24) is 20.1 Å². The molecule has 0 saturated heterocycles. The summed E-state index contributed by atoms with van der Waals surface area (Å²) < 4.78 is 2.00. The van der Waals surface area contributed by atoms with Crippen LogP contribution in [0.4, 0.5) is 0 Å². The van der Waals surface area contributed by atoms with Gasteiger partial charge >= 0.3 is 0 Å². The number of nitrogens with zero attached hydrogens (tertiary/aromatic N) is 3. The highest BCUT2D eigenvalue weighted by atomic mass is 15.3. The summed E-state index contributed by atoms with van der Waals surface area (Å²) in [5.74, 6) is 0.564. The summed E-state index contributed by atoms with van der Waals surface area (Å²) in [5.41, 5.74) is 2.33. The molecule has 0 aliphatic rings. The van der Waals surface area contributed by atoms with Crippen LogP contribution in [0.3, 0.4) is 0 Å². The van der Waals surface area contributed by atoms with E-state index >= 15 is 0 Å². The highest BCUT2D eigenvalue weighted by Gasteiger charge is 2.13. The number of benzene rings is 1. The molecule has 4 heteroatoms. The molecule has 1 unspecified atom stereocenters. The van der Waals surface area contributed by atoms with E-state index < -0.39 is 0 Å². The molecule has 3 aromatic rings. The Hall–Kier alpha value is -2.20. The van der Waals surface area contributed by atoms with Gasteiger partial charge in [0.15, 0.2) is 0 Å². The predicted octanol–water partition coefficient (Wildman–Crippen LogP) is 3.29. The lowest BCUT2D eigenvalue weighted by Crippen LogP contribution is -2.38. The number of rotatable bonds is 7. The average molecular weight is 308 g/mol. The summed E-state index contributed by atoms with van der Waals surface area (Å²) in [6.45, 7) is 6.35. The van der Waals surface area contributed by atoms with Crippen molar-refractivity contribution in [3.63, 3.8) is 0 Å². The molecule has 1 aromatic carbocycles. The van der Waals surface area contributed by atoms with Gasteiger partial charge in [-0.2, -0.15) is 5.10 Å². The highest BCUT2D eigenvalue weighted by Crippen LogP contribution is 2.13. The Balaban J connectivity index is 1.57. The second-order valence-electron chi connectivity index (χ2n) is 6.32. The minimum atomic E-state index is 0.420. The fourth-order valence-electron chi connectivity index (χ4n) is 2.78. The lowest BCUT2D eigenvalue weighted by atomic mass is 10.0. The lowest BCUT2D eigenvalue weighted by Gasteiger charge is -2.22. The van der Waals surface area contributed by atoms with Gasteiger partial charge < -0.3 is 5.32 Å². The van der Waals surface area contributed by atoms with Crippen LogP contribution in [0.2, 0.25) is 0 Å². The van der Waals surface area contributed by atoms with Crippen molar-refractivity contribution in [2.24, 2.45) is 5.92 Å². The molecule has 1 atom stereocenters. The van der Waals surface area contributed by atoms with E-state index in [2.05, 4.69) is 53.5 Å². The summed E-state index contributed by atoms with van der Waals surface area (Å²) >= 11 is 0. The molecular formula is C19H24N4. The molecule has 2 aromatic heterocycles. The first-order chi connectivity index (χ1) is 11.2. The molecule has 0 aliphatic heterocycles. The Bertz CT molecular complexity index is 734.